The van der Waals surface area contributed by atoms with Crippen molar-refractivity contribution in [2.45, 2.75) is 282 Å². The van der Waals surface area contributed by atoms with Gasteiger partial charge in [-0.1, -0.05) is 188 Å². The monoisotopic (exact) mass is 1730 g/mol. The van der Waals surface area contributed by atoms with Crippen LogP contribution in [0.2, 0.25) is 0 Å². The molecule has 15 heteroatoms. The number of benzene rings is 10. The first-order valence-electron chi connectivity index (χ1n) is 43.7. The van der Waals surface area contributed by atoms with Gasteiger partial charge in [-0.3, -0.25) is 23.5 Å². The fourth-order valence-electron chi connectivity index (χ4n) is 17.5. The highest BCUT2D eigenvalue weighted by atomic mass is 32.1. The summed E-state index contributed by atoms with van der Waals surface area (Å²) in [7, 11) is 0. The SMILES string of the molecule is CCC1CCC(c2ccc(COc3ccc(S)cc3)cc2)CC1.CCC1CCC(c2ccc(COc3ccc(S)cc3)cc2)CC1.CCC1CCC(c2ccc(COc3ccc(S)cc3)cc2)CC1.CCC1CCC(c2ccc(COc3ccc(S)cc3)cc2)CC1.CCC1CCC(c2ccc(COc3ccc(S)cc3)cc2)CC1.F.F.F.F.F. The van der Waals surface area contributed by atoms with Crippen molar-refractivity contribution >= 4 is 63.1 Å². The predicted molar refractivity (Wildman–Crippen MR) is 510 cm³/mol. The maximum absolute atomic E-state index is 5.83. The quantitative estimate of drug-likeness (QED) is 0.0292. The van der Waals surface area contributed by atoms with Crippen LogP contribution in [-0.4, -0.2) is 0 Å². The van der Waals surface area contributed by atoms with Crippen molar-refractivity contribution in [1.82, 2.24) is 0 Å². The van der Waals surface area contributed by atoms with Gasteiger partial charge in [0.2, 0.25) is 0 Å². The number of halogens is 5. The third kappa shape index (κ3) is 34.0. The Balaban J connectivity index is 0.000000230. The third-order valence-corrected chi connectivity index (χ3v) is 27.1. The van der Waals surface area contributed by atoms with E-state index < -0.39 is 0 Å². The number of ether oxygens (including phenoxy) is 5. The van der Waals surface area contributed by atoms with Crippen LogP contribution in [-0.2, 0) is 33.0 Å². The minimum absolute atomic E-state index is 0. The first kappa shape index (κ1) is 101. The average Bonchev–Trinajstić information content (AvgIpc) is 0.868. The smallest absolute Gasteiger partial charge is 0.119 e. The van der Waals surface area contributed by atoms with E-state index in [1.165, 1.54) is 216 Å². The maximum atomic E-state index is 5.83. The predicted octanol–water partition coefficient (Wildman–Crippen LogP) is 32.0. The van der Waals surface area contributed by atoms with Crippen LogP contribution in [0, 0.1) is 29.6 Å². The molecule has 15 rings (SSSR count). The summed E-state index contributed by atoms with van der Waals surface area (Å²) in [6.45, 7) is 14.7. The minimum atomic E-state index is 0. The van der Waals surface area contributed by atoms with Crippen molar-refractivity contribution in [3.63, 3.8) is 0 Å². The first-order chi connectivity index (χ1) is 56.2. The minimum Gasteiger partial charge on any atom is -0.489 e. The molecule has 0 unspecified atom stereocenters. The molecule has 0 aromatic heterocycles. The van der Waals surface area contributed by atoms with E-state index in [1.807, 2.05) is 121 Å². The Morgan fingerprint density at radius 3 is 0.425 bits per heavy atom. The molecule has 5 aliphatic rings. The molecular weight excluding hydrogens is 1600 g/mol. The number of thiol groups is 5. The van der Waals surface area contributed by atoms with Crippen LogP contribution in [0.25, 0.3) is 0 Å². The average molecular weight is 1730 g/mol. The van der Waals surface area contributed by atoms with Crippen molar-refractivity contribution in [2.75, 3.05) is 0 Å². The molecule has 0 atom stereocenters. The van der Waals surface area contributed by atoms with Crippen molar-refractivity contribution in [3.05, 3.63) is 298 Å². The van der Waals surface area contributed by atoms with Crippen molar-refractivity contribution < 1.29 is 47.2 Å². The van der Waals surface area contributed by atoms with Gasteiger partial charge < -0.3 is 23.7 Å². The molecule has 10 aromatic carbocycles. The Morgan fingerprint density at radius 2 is 0.308 bits per heavy atom. The topological polar surface area (TPSA) is 46.2 Å². The van der Waals surface area contributed by atoms with E-state index in [9.17, 15) is 0 Å². The van der Waals surface area contributed by atoms with Gasteiger partial charge in [-0.2, -0.15) is 0 Å². The molecule has 0 N–H and O–H groups in total. The molecule has 5 fully saturated rings. The van der Waals surface area contributed by atoms with Crippen LogP contribution in [0.5, 0.6) is 28.7 Å². The molecule has 5 saturated carbocycles. The summed E-state index contributed by atoms with van der Waals surface area (Å²) >= 11 is 21.4. The van der Waals surface area contributed by atoms with Gasteiger partial charge in [0, 0.05) is 24.5 Å². The zero-order valence-corrected chi connectivity index (χ0v) is 75.9. The second kappa shape index (κ2) is 55.0. The first-order valence-corrected chi connectivity index (χ1v) is 46.0. The summed E-state index contributed by atoms with van der Waals surface area (Å²) in [6.07, 6.45) is 34.2. The molecule has 0 saturated heterocycles. The zero-order chi connectivity index (χ0) is 80.4. The Kier molecular flexibility index (Phi) is 46.4. The molecule has 120 heavy (non-hydrogen) atoms. The highest BCUT2D eigenvalue weighted by Crippen LogP contribution is 2.42. The van der Waals surface area contributed by atoms with Crippen LogP contribution in [0.15, 0.2) is 267 Å². The maximum Gasteiger partial charge on any atom is 0.119 e. The van der Waals surface area contributed by atoms with Crippen LogP contribution < -0.4 is 23.7 Å². The fourth-order valence-corrected chi connectivity index (χ4v) is 18.2. The van der Waals surface area contributed by atoms with E-state index in [-0.39, 0.29) is 23.5 Å². The van der Waals surface area contributed by atoms with Gasteiger partial charge in [-0.05, 0) is 365 Å². The van der Waals surface area contributed by atoms with Crippen molar-refractivity contribution in [3.8, 4) is 28.7 Å². The number of hydrogen-bond donors (Lipinski definition) is 5. The molecule has 0 aliphatic heterocycles. The highest BCUT2D eigenvalue weighted by molar-refractivity contribution is 7.81. The Labute approximate surface area is 743 Å². The molecule has 5 nitrogen and oxygen atoms in total. The van der Waals surface area contributed by atoms with Crippen molar-refractivity contribution in [2.24, 2.45) is 29.6 Å². The molecule has 650 valence electrons. The summed E-state index contributed by atoms with van der Waals surface area (Å²) in [6, 6.07) is 84.3. The van der Waals surface area contributed by atoms with Gasteiger partial charge in [0.15, 0.2) is 0 Å². The largest absolute Gasteiger partial charge is 0.489 e. The fraction of sp³-hybridized carbons (Fsp3) is 0.429. The lowest BCUT2D eigenvalue weighted by Crippen LogP contribution is -2.12. The van der Waals surface area contributed by atoms with Gasteiger partial charge >= 0.3 is 0 Å². The van der Waals surface area contributed by atoms with Crippen molar-refractivity contribution in [1.29, 1.82) is 0 Å². The lowest BCUT2D eigenvalue weighted by Gasteiger charge is -2.28. The molecule has 10 aromatic rings. The van der Waals surface area contributed by atoms with Crippen LogP contribution in [0.3, 0.4) is 0 Å². The van der Waals surface area contributed by atoms with Gasteiger partial charge in [-0.25, -0.2) is 0 Å². The highest BCUT2D eigenvalue weighted by Gasteiger charge is 2.26. The van der Waals surface area contributed by atoms with Crippen LogP contribution in [0.4, 0.5) is 23.5 Å². The summed E-state index contributed by atoms with van der Waals surface area (Å²) in [4.78, 5) is 4.79. The molecular formula is C105H135F5O5S5. The summed E-state index contributed by atoms with van der Waals surface area (Å²) in [5.74, 6) is 13.1. The molecule has 0 amide bonds. The van der Waals surface area contributed by atoms with E-state index in [1.54, 1.807) is 0 Å². The Morgan fingerprint density at radius 1 is 0.183 bits per heavy atom. The second-order valence-corrected chi connectivity index (χ2v) is 35.8. The Hall–Kier alpha value is -7.40. The molecule has 0 spiro atoms. The molecule has 0 radical (unpaired) electrons. The normalized spacial score (nSPS) is 20.2. The van der Waals surface area contributed by atoms with E-state index in [0.29, 0.717) is 33.0 Å². The lowest BCUT2D eigenvalue weighted by atomic mass is 9.78. The van der Waals surface area contributed by atoms with E-state index >= 15 is 0 Å². The van der Waals surface area contributed by atoms with Crippen LogP contribution in [0.1, 0.15) is 280 Å². The van der Waals surface area contributed by atoms with E-state index in [0.717, 1.165) is 112 Å². The molecule has 5 aliphatic carbocycles. The molecule has 0 heterocycles. The summed E-state index contributed by atoms with van der Waals surface area (Å²) in [5.41, 5.74) is 13.7. The van der Waals surface area contributed by atoms with Gasteiger partial charge in [0.05, 0.1) is 0 Å². The Bertz CT molecular complexity index is 3660. The third-order valence-electron chi connectivity index (χ3n) is 25.6. The lowest BCUT2D eigenvalue weighted by molar-refractivity contribution is 0.305. The number of hydrogen-bond acceptors (Lipinski definition) is 10. The number of rotatable bonds is 25. The van der Waals surface area contributed by atoms with Gasteiger partial charge in [-0.15, -0.1) is 63.1 Å². The van der Waals surface area contributed by atoms with Gasteiger partial charge in [0.1, 0.15) is 61.8 Å². The molecule has 0 bridgehead atoms. The van der Waals surface area contributed by atoms with E-state index in [4.69, 9.17) is 23.7 Å². The van der Waals surface area contributed by atoms with E-state index in [2.05, 4.69) is 219 Å². The second-order valence-electron chi connectivity index (χ2n) is 33.3. The standard InChI is InChI=1S/5C21H26OS.5FH/c5*1-2-16-3-7-18(8-4-16)19-9-5-17(6-10-19)15-22-20-11-13-21(23)14-12-20;;;;;/h5*5-6,9-14,16,18,23H,2-4,7-8,15H2,1H3;5*1H. The summed E-state index contributed by atoms with van der Waals surface area (Å²) < 4.78 is 29.1. The summed E-state index contributed by atoms with van der Waals surface area (Å²) in [5, 5.41) is 0. The zero-order valence-electron chi connectivity index (χ0n) is 71.4. The van der Waals surface area contributed by atoms with Crippen LogP contribution >= 0.6 is 63.1 Å². The van der Waals surface area contributed by atoms with Gasteiger partial charge in [0.25, 0.3) is 0 Å².